The Morgan fingerprint density at radius 2 is 2.00 bits per heavy atom. The van der Waals surface area contributed by atoms with Crippen molar-refractivity contribution in [3.8, 4) is 5.75 Å². The molecule has 35 heavy (non-hydrogen) atoms. The Labute approximate surface area is 204 Å². The van der Waals surface area contributed by atoms with Gasteiger partial charge in [-0.2, -0.15) is 0 Å². The molecule has 0 radical (unpaired) electrons. The van der Waals surface area contributed by atoms with Crippen molar-refractivity contribution in [3.63, 3.8) is 0 Å². The second-order valence-electron chi connectivity index (χ2n) is 9.44. The van der Waals surface area contributed by atoms with Crippen molar-refractivity contribution in [2.24, 2.45) is 10.9 Å². The number of carbonyl (C=O) groups is 2. The van der Waals surface area contributed by atoms with Crippen LogP contribution in [0.3, 0.4) is 0 Å². The molecule has 0 saturated carbocycles. The molecule has 0 bridgehead atoms. The number of carboxylic acid groups (broad SMARTS) is 1. The van der Waals surface area contributed by atoms with E-state index in [4.69, 9.17) is 14.8 Å². The predicted molar refractivity (Wildman–Crippen MR) is 135 cm³/mol. The maximum absolute atomic E-state index is 13.0. The highest BCUT2D eigenvalue weighted by Gasteiger charge is 2.30. The molecule has 1 saturated heterocycles. The lowest BCUT2D eigenvalue weighted by molar-refractivity contribution is -0.138. The number of aliphatic imine (C=N–C) groups is 1. The van der Waals surface area contributed by atoms with Crippen LogP contribution in [-0.2, 0) is 4.79 Å². The highest BCUT2D eigenvalue weighted by atomic mass is 16.5. The number of hydrogen-bond donors (Lipinski definition) is 2. The van der Waals surface area contributed by atoms with E-state index in [0.29, 0.717) is 12.3 Å². The van der Waals surface area contributed by atoms with Crippen molar-refractivity contribution < 1.29 is 19.4 Å². The van der Waals surface area contributed by atoms with Crippen LogP contribution in [0.15, 0.2) is 65.4 Å². The Hall–Kier alpha value is -3.81. The molecule has 8 nitrogen and oxygen atoms in total. The quantitative estimate of drug-likeness (QED) is 0.655. The molecular weight excluding hydrogens is 444 g/mol. The number of carboxylic acids is 1. The topological polar surface area (TPSA) is 94.5 Å². The maximum Gasteiger partial charge on any atom is 0.326 e. The molecule has 8 heteroatoms. The van der Waals surface area contributed by atoms with Gasteiger partial charge in [-0.1, -0.05) is 24.3 Å². The zero-order valence-corrected chi connectivity index (χ0v) is 19.8. The lowest BCUT2D eigenvalue weighted by atomic mass is 9.94. The van der Waals surface area contributed by atoms with Crippen molar-refractivity contribution in [2.75, 3.05) is 29.9 Å². The number of benzene rings is 2. The van der Waals surface area contributed by atoms with E-state index < -0.39 is 5.97 Å². The number of rotatable bonds is 5. The smallest absolute Gasteiger partial charge is 0.326 e. The molecule has 2 aromatic rings. The van der Waals surface area contributed by atoms with Crippen LogP contribution in [-0.4, -0.2) is 54.0 Å². The summed E-state index contributed by atoms with van der Waals surface area (Å²) in [5, 5.41) is 12.0. The van der Waals surface area contributed by atoms with Crippen molar-refractivity contribution in [3.05, 3.63) is 66.0 Å². The van der Waals surface area contributed by atoms with Crippen LogP contribution in [0.2, 0.25) is 0 Å². The van der Waals surface area contributed by atoms with Gasteiger partial charge in [0.05, 0.1) is 12.2 Å². The van der Waals surface area contributed by atoms with Crippen molar-refractivity contribution in [2.45, 2.75) is 38.2 Å². The van der Waals surface area contributed by atoms with Crippen LogP contribution in [0.25, 0.3) is 0 Å². The van der Waals surface area contributed by atoms with Crippen LogP contribution in [0.4, 0.5) is 16.2 Å². The molecule has 3 aliphatic rings. The number of ether oxygens (including phenoxy) is 1. The van der Waals surface area contributed by atoms with Gasteiger partial charge in [-0.3, -0.25) is 9.69 Å². The molecule has 2 N–H and O–H groups in total. The Morgan fingerprint density at radius 3 is 2.74 bits per heavy atom. The van der Waals surface area contributed by atoms with E-state index in [9.17, 15) is 9.59 Å². The lowest BCUT2D eigenvalue weighted by Gasteiger charge is -2.34. The minimum atomic E-state index is -0.738. The van der Waals surface area contributed by atoms with Crippen molar-refractivity contribution >= 4 is 29.6 Å². The van der Waals surface area contributed by atoms with Gasteiger partial charge in [0.25, 0.3) is 0 Å². The summed E-state index contributed by atoms with van der Waals surface area (Å²) in [6.07, 6.45) is 5.89. The number of aliphatic carboxylic acids is 1. The number of carbonyl (C=O) groups excluding carboxylic acids is 1. The van der Waals surface area contributed by atoms with Gasteiger partial charge in [0, 0.05) is 37.3 Å². The van der Waals surface area contributed by atoms with E-state index in [1.165, 1.54) is 0 Å². The van der Waals surface area contributed by atoms with Gasteiger partial charge < -0.3 is 20.1 Å². The van der Waals surface area contributed by atoms with Crippen LogP contribution in [0.5, 0.6) is 5.75 Å². The van der Waals surface area contributed by atoms with E-state index in [2.05, 4.69) is 16.3 Å². The van der Waals surface area contributed by atoms with Crippen molar-refractivity contribution in [1.82, 2.24) is 4.90 Å². The molecule has 3 heterocycles. The molecule has 2 amide bonds. The molecule has 0 aromatic heterocycles. The van der Waals surface area contributed by atoms with Crippen molar-refractivity contribution in [1.29, 1.82) is 0 Å². The van der Waals surface area contributed by atoms with E-state index >= 15 is 0 Å². The number of para-hydroxylation sites is 1. The summed E-state index contributed by atoms with van der Waals surface area (Å²) in [7, 11) is 0. The van der Waals surface area contributed by atoms with Crippen LogP contribution < -0.4 is 15.0 Å². The van der Waals surface area contributed by atoms with Crippen LogP contribution >= 0.6 is 0 Å². The monoisotopic (exact) mass is 474 g/mol. The van der Waals surface area contributed by atoms with Gasteiger partial charge in [-0.25, -0.2) is 9.79 Å². The zero-order chi connectivity index (χ0) is 24.4. The number of nitrogens with zero attached hydrogens (tertiary/aromatic N) is 3. The SMILES string of the molecule is CC1CN(C(=O)Nc2ccccc2)c2ccc(C3C=NC(N4CCC(CC(=O)O)C4)=CC3)cc2O1. The second kappa shape index (κ2) is 9.82. The van der Waals surface area contributed by atoms with Gasteiger partial charge in [-0.15, -0.1) is 0 Å². The molecule has 0 aliphatic carbocycles. The third-order valence-corrected chi connectivity index (χ3v) is 6.76. The minimum absolute atomic E-state index is 0.119. The Kier molecular flexibility index (Phi) is 6.44. The molecule has 0 spiro atoms. The molecule has 5 rings (SSSR count). The fraction of sp³-hybridized carbons (Fsp3) is 0.370. The molecule has 3 atom stereocenters. The van der Waals surface area contributed by atoms with Crippen LogP contribution in [0.1, 0.15) is 37.7 Å². The molecule has 1 fully saturated rings. The number of hydrogen-bond acceptors (Lipinski definition) is 5. The van der Waals surface area contributed by atoms with Gasteiger partial charge in [0.1, 0.15) is 17.7 Å². The average molecular weight is 475 g/mol. The van der Waals surface area contributed by atoms with E-state index in [-0.39, 0.29) is 30.4 Å². The molecule has 2 aromatic carbocycles. The first-order chi connectivity index (χ1) is 17.0. The maximum atomic E-state index is 13.0. The number of anilines is 2. The first-order valence-electron chi connectivity index (χ1n) is 12.1. The Morgan fingerprint density at radius 1 is 1.17 bits per heavy atom. The van der Waals surface area contributed by atoms with Gasteiger partial charge in [0.15, 0.2) is 0 Å². The number of urea groups is 1. The number of likely N-dealkylation sites (tertiary alicyclic amines) is 1. The fourth-order valence-corrected chi connectivity index (χ4v) is 4.99. The first-order valence-corrected chi connectivity index (χ1v) is 12.1. The molecular formula is C27H30N4O4. The van der Waals surface area contributed by atoms with Gasteiger partial charge in [-0.05, 0) is 61.6 Å². The van der Waals surface area contributed by atoms with Gasteiger partial charge >= 0.3 is 12.0 Å². The van der Waals surface area contributed by atoms with Gasteiger partial charge in [0.2, 0.25) is 0 Å². The summed E-state index contributed by atoms with van der Waals surface area (Å²) in [5.41, 5.74) is 2.60. The minimum Gasteiger partial charge on any atom is -0.487 e. The third-order valence-electron chi connectivity index (χ3n) is 6.76. The second-order valence-corrected chi connectivity index (χ2v) is 9.44. The Balaban J connectivity index is 1.27. The fourth-order valence-electron chi connectivity index (χ4n) is 4.99. The number of fused-ring (bicyclic) bond motifs is 1. The summed E-state index contributed by atoms with van der Waals surface area (Å²) in [4.78, 5) is 32.6. The molecule has 182 valence electrons. The first kappa shape index (κ1) is 23.0. The summed E-state index contributed by atoms with van der Waals surface area (Å²) in [6.45, 7) is 4.02. The number of nitrogens with one attached hydrogen (secondary N) is 1. The molecule has 3 aliphatic heterocycles. The Bertz CT molecular complexity index is 1160. The highest BCUT2D eigenvalue weighted by Crippen LogP contribution is 2.38. The van der Waals surface area contributed by atoms with E-state index in [1.807, 2.05) is 61.7 Å². The normalized spacial score (nSPS) is 23.3. The lowest BCUT2D eigenvalue weighted by Crippen LogP contribution is -2.44. The van der Waals surface area contributed by atoms with E-state index in [1.54, 1.807) is 4.90 Å². The third kappa shape index (κ3) is 5.16. The average Bonchev–Trinajstić information content (AvgIpc) is 3.31. The summed E-state index contributed by atoms with van der Waals surface area (Å²) in [5.74, 6) is 1.19. The summed E-state index contributed by atoms with van der Waals surface area (Å²) in [6, 6.07) is 15.2. The predicted octanol–water partition coefficient (Wildman–Crippen LogP) is 4.70. The van der Waals surface area contributed by atoms with E-state index in [0.717, 1.165) is 48.7 Å². The standard InChI is InChI=1S/C27H30N4O4/c1-18-16-31(27(34)29-22-5-3-2-4-6-22)23-9-7-20(14-24(23)35-18)21-8-10-25(28-15-21)30-12-11-19(17-30)13-26(32)33/h2-7,9-10,14-15,18-19,21H,8,11-13,16-17H2,1H3,(H,29,34)(H,32,33). The highest BCUT2D eigenvalue weighted by molar-refractivity contribution is 6.03. The zero-order valence-electron chi connectivity index (χ0n) is 19.8. The number of amides is 2. The molecule has 3 unspecified atom stereocenters. The summed E-state index contributed by atoms with van der Waals surface area (Å²) >= 11 is 0. The summed E-state index contributed by atoms with van der Waals surface area (Å²) < 4.78 is 6.10. The largest absolute Gasteiger partial charge is 0.487 e. The van der Waals surface area contributed by atoms with Crippen LogP contribution in [0, 0.1) is 5.92 Å². The number of allylic oxidation sites excluding steroid dienone is 1.